The predicted molar refractivity (Wildman–Crippen MR) is 171 cm³/mol. The molecule has 1 aromatic heterocycles. The lowest BCUT2D eigenvalue weighted by molar-refractivity contribution is -0.245. The number of thioether (sulfide) groups is 1. The lowest BCUT2D eigenvalue weighted by Gasteiger charge is -2.36. The van der Waals surface area contributed by atoms with Crippen LogP contribution in [0.1, 0.15) is 53.1 Å². The molecule has 0 radical (unpaired) electrons. The highest BCUT2D eigenvalue weighted by atomic mass is 32.2. The van der Waals surface area contributed by atoms with Crippen LogP contribution in [-0.4, -0.2) is 55.8 Å². The summed E-state index contributed by atoms with van der Waals surface area (Å²) in [6, 6.07) is 25.1. The third kappa shape index (κ3) is 8.40. The Morgan fingerprint density at radius 2 is 1.60 bits per heavy atom. The zero-order valence-electron chi connectivity index (χ0n) is 25.4. The Morgan fingerprint density at radius 1 is 0.894 bits per heavy atom. The molecule has 2 N–H and O–H groups in total. The molecule has 2 aliphatic heterocycles. The fourth-order valence-electron chi connectivity index (χ4n) is 5.38. The highest BCUT2D eigenvalue weighted by Gasteiger charge is 2.40. The van der Waals surface area contributed by atoms with E-state index in [2.05, 4.69) is 15.3 Å². The molecule has 12 heteroatoms. The molecule has 0 spiro atoms. The molecule has 2 aliphatic rings. The normalized spacial score (nSPS) is 21.1. The van der Waals surface area contributed by atoms with Gasteiger partial charge in [-0.25, -0.2) is 14.8 Å². The number of benzene rings is 3. The second-order valence-corrected chi connectivity index (χ2v) is 12.2. The highest BCUT2D eigenvalue weighted by molar-refractivity contribution is 7.99. The summed E-state index contributed by atoms with van der Waals surface area (Å²) >= 11 is 1.51. The van der Waals surface area contributed by atoms with Crippen LogP contribution in [0.15, 0.2) is 102 Å². The largest absolute Gasteiger partial charge is 0.445 e. The van der Waals surface area contributed by atoms with E-state index < -0.39 is 24.3 Å². The van der Waals surface area contributed by atoms with Gasteiger partial charge in [0.25, 0.3) is 5.91 Å². The first-order chi connectivity index (χ1) is 22.9. The molecule has 47 heavy (non-hydrogen) atoms. The highest BCUT2D eigenvalue weighted by Crippen LogP contribution is 2.39. The summed E-state index contributed by atoms with van der Waals surface area (Å²) in [4.78, 5) is 47.8. The van der Waals surface area contributed by atoms with Gasteiger partial charge in [0.1, 0.15) is 12.6 Å². The van der Waals surface area contributed by atoms with Gasteiger partial charge in [0.2, 0.25) is 5.91 Å². The van der Waals surface area contributed by atoms with E-state index >= 15 is 0 Å². The van der Waals surface area contributed by atoms with Crippen molar-refractivity contribution in [3.8, 4) is 0 Å². The predicted octanol–water partition coefficient (Wildman–Crippen LogP) is 4.86. The molecule has 3 heterocycles. The fourth-order valence-corrected chi connectivity index (χ4v) is 6.20. The first-order valence-electron chi connectivity index (χ1n) is 15.3. The van der Waals surface area contributed by atoms with E-state index in [1.807, 2.05) is 78.9 Å². The van der Waals surface area contributed by atoms with Gasteiger partial charge in [0.15, 0.2) is 11.4 Å². The van der Waals surface area contributed by atoms with Crippen molar-refractivity contribution in [2.45, 2.75) is 62.3 Å². The van der Waals surface area contributed by atoms with Crippen molar-refractivity contribution >= 4 is 29.7 Å². The average Bonchev–Trinajstić information content (AvgIpc) is 3.38. The van der Waals surface area contributed by atoms with Crippen molar-refractivity contribution in [2.75, 3.05) is 5.75 Å². The van der Waals surface area contributed by atoms with Gasteiger partial charge in [0, 0.05) is 30.1 Å². The second-order valence-electron chi connectivity index (χ2n) is 11.2. The molecule has 0 saturated carbocycles. The molecule has 3 amide bonds. The van der Waals surface area contributed by atoms with E-state index in [9.17, 15) is 19.5 Å². The van der Waals surface area contributed by atoms with E-state index in [-0.39, 0.29) is 44.3 Å². The van der Waals surface area contributed by atoms with E-state index in [1.54, 1.807) is 18.5 Å². The van der Waals surface area contributed by atoms with Crippen LogP contribution < -0.4 is 5.32 Å². The number of carbonyl (C=O) groups excluding carboxylic acids is 3. The maximum absolute atomic E-state index is 13.0. The molecule has 4 aromatic rings. The first kappa shape index (κ1) is 32.3. The maximum Gasteiger partial charge on any atom is 0.408 e. The van der Waals surface area contributed by atoms with Crippen LogP contribution in [-0.2, 0) is 43.6 Å². The maximum atomic E-state index is 13.0. The molecular weight excluding hydrogens is 620 g/mol. The van der Waals surface area contributed by atoms with Crippen LogP contribution in [0.2, 0.25) is 0 Å². The molecule has 0 bridgehead atoms. The van der Waals surface area contributed by atoms with Crippen molar-refractivity contribution in [1.29, 1.82) is 0 Å². The van der Waals surface area contributed by atoms with Gasteiger partial charge >= 0.3 is 6.09 Å². The lowest BCUT2D eigenvalue weighted by Crippen LogP contribution is -2.41. The number of aliphatic hydroxyl groups is 1. The SMILES string of the molecule is O=C(NC1CC(=O)N(Cc2ccc([C@H]3O[C@@H](CSc4ncccn4)C[C@@H](c4ccc(CO)cc4)O3)cc2)C1=O)OCc1ccccc1. The van der Waals surface area contributed by atoms with E-state index in [1.165, 1.54) is 11.8 Å². The number of aromatic nitrogens is 2. The number of rotatable bonds is 11. The van der Waals surface area contributed by atoms with Gasteiger partial charge in [-0.15, -0.1) is 0 Å². The molecular formula is C35H34N4O7S. The van der Waals surface area contributed by atoms with Crippen LogP contribution in [0.3, 0.4) is 0 Å². The molecule has 1 unspecified atom stereocenters. The fraction of sp³-hybridized carbons (Fsp3) is 0.286. The Morgan fingerprint density at radius 3 is 2.32 bits per heavy atom. The zero-order valence-corrected chi connectivity index (χ0v) is 26.3. The number of alkyl carbamates (subject to hydrolysis) is 1. The second kappa shape index (κ2) is 15.3. The van der Waals surface area contributed by atoms with E-state index in [4.69, 9.17) is 14.2 Å². The summed E-state index contributed by atoms with van der Waals surface area (Å²) in [5.41, 5.74) is 4.14. The van der Waals surface area contributed by atoms with E-state index in [0.717, 1.165) is 32.7 Å². The van der Waals surface area contributed by atoms with Crippen LogP contribution in [0.25, 0.3) is 0 Å². The Bertz CT molecular complexity index is 1660. The van der Waals surface area contributed by atoms with Gasteiger partial charge in [-0.1, -0.05) is 90.6 Å². The lowest BCUT2D eigenvalue weighted by atomic mass is 10.0. The minimum absolute atomic E-state index is 0.0344. The molecule has 3 aromatic carbocycles. The van der Waals surface area contributed by atoms with Gasteiger partial charge in [0.05, 0.1) is 31.8 Å². The number of aliphatic hydroxyl groups excluding tert-OH is 1. The monoisotopic (exact) mass is 654 g/mol. The zero-order chi connectivity index (χ0) is 32.6. The summed E-state index contributed by atoms with van der Waals surface area (Å²) in [6.45, 7) is 0.0921. The molecule has 6 rings (SSSR count). The number of ether oxygens (including phenoxy) is 3. The molecule has 2 fully saturated rings. The molecule has 2 saturated heterocycles. The van der Waals surface area contributed by atoms with Crippen LogP contribution >= 0.6 is 11.8 Å². The van der Waals surface area contributed by atoms with Crippen molar-refractivity contribution in [3.63, 3.8) is 0 Å². The first-order valence-corrected chi connectivity index (χ1v) is 16.2. The van der Waals surface area contributed by atoms with Gasteiger partial charge in [-0.3, -0.25) is 14.5 Å². The number of likely N-dealkylation sites (tertiary alicyclic amines) is 1. The topological polar surface area (TPSA) is 140 Å². The minimum Gasteiger partial charge on any atom is -0.445 e. The third-order valence-corrected chi connectivity index (χ3v) is 8.90. The number of hydrogen-bond acceptors (Lipinski definition) is 10. The van der Waals surface area contributed by atoms with Crippen molar-refractivity contribution in [2.24, 2.45) is 0 Å². The van der Waals surface area contributed by atoms with Crippen molar-refractivity contribution < 1.29 is 33.7 Å². The number of amides is 3. The average molecular weight is 655 g/mol. The molecule has 4 atom stereocenters. The minimum atomic E-state index is -0.978. The van der Waals surface area contributed by atoms with Crippen LogP contribution in [0.5, 0.6) is 0 Å². The van der Waals surface area contributed by atoms with Crippen LogP contribution in [0, 0.1) is 0 Å². The Labute approximate surface area is 276 Å². The number of carbonyl (C=O) groups is 3. The molecule has 0 aliphatic carbocycles. The smallest absolute Gasteiger partial charge is 0.408 e. The summed E-state index contributed by atoms with van der Waals surface area (Å²) in [5.74, 6) is -0.224. The Hall–Kier alpha value is -4.62. The van der Waals surface area contributed by atoms with Gasteiger partial charge in [-0.05, 0) is 28.3 Å². The molecule has 242 valence electrons. The summed E-state index contributed by atoms with van der Waals surface area (Å²) in [7, 11) is 0. The summed E-state index contributed by atoms with van der Waals surface area (Å²) in [6.07, 6.45) is 2.09. The Kier molecular flexibility index (Phi) is 10.5. The van der Waals surface area contributed by atoms with E-state index in [0.29, 0.717) is 17.3 Å². The number of imide groups is 1. The van der Waals surface area contributed by atoms with Gasteiger partial charge in [-0.2, -0.15) is 0 Å². The third-order valence-electron chi connectivity index (χ3n) is 7.90. The van der Waals surface area contributed by atoms with Crippen molar-refractivity contribution in [1.82, 2.24) is 20.2 Å². The quantitative estimate of drug-likeness (QED) is 0.131. The summed E-state index contributed by atoms with van der Waals surface area (Å²) < 4.78 is 18.0. The number of nitrogens with one attached hydrogen (secondary N) is 1. The molecule has 11 nitrogen and oxygen atoms in total. The van der Waals surface area contributed by atoms with Crippen molar-refractivity contribution in [3.05, 3.63) is 125 Å². The number of hydrogen-bond donors (Lipinski definition) is 2. The number of nitrogens with zero attached hydrogens (tertiary/aromatic N) is 3. The van der Waals surface area contributed by atoms with Crippen LogP contribution in [0.4, 0.5) is 4.79 Å². The summed E-state index contributed by atoms with van der Waals surface area (Å²) in [5, 5.41) is 12.7. The standard InChI is InChI=1S/C35H34N4O7S/c40-20-24-9-11-26(12-10-24)30-17-28(22-47-34-36-15-4-16-37-34)45-33(46-30)27-13-7-23(8-14-27)19-39-31(41)18-29(32(39)42)38-35(43)44-21-25-5-2-1-3-6-25/h1-16,28-30,33,40H,17-22H2,(H,38,43)/t28-,29?,30+,33+/m1/s1. The Balaban J connectivity index is 1.08. The van der Waals surface area contributed by atoms with Gasteiger partial charge < -0.3 is 24.6 Å².